The summed E-state index contributed by atoms with van der Waals surface area (Å²) in [6, 6.07) is 6.03. The highest BCUT2D eigenvalue weighted by molar-refractivity contribution is 5.69. The van der Waals surface area contributed by atoms with Crippen LogP contribution in [0.4, 0.5) is 11.4 Å². The number of nitrogens with one attached hydrogen (secondary N) is 1. The average molecular weight is 244 g/mol. The van der Waals surface area contributed by atoms with Crippen LogP contribution in [0.2, 0.25) is 0 Å². The van der Waals surface area contributed by atoms with Gasteiger partial charge in [0.15, 0.2) is 0 Å². The first-order chi connectivity index (χ1) is 8.50. The highest BCUT2D eigenvalue weighted by Gasteiger charge is 2.09. The standard InChI is InChI=1S/C14H20N4/c1-9-6-5-7-13(14(9)15)16-8-12-10(2)17-18(4)11(12)3/h5-7,16H,8,15H2,1-4H3. The molecular formula is C14H20N4. The zero-order valence-corrected chi connectivity index (χ0v) is 11.4. The molecule has 0 atom stereocenters. The van der Waals surface area contributed by atoms with Gasteiger partial charge < -0.3 is 11.1 Å². The lowest BCUT2D eigenvalue weighted by molar-refractivity contribution is 0.730. The fourth-order valence-electron chi connectivity index (χ4n) is 2.09. The minimum Gasteiger partial charge on any atom is -0.397 e. The van der Waals surface area contributed by atoms with E-state index in [9.17, 15) is 0 Å². The molecule has 0 radical (unpaired) electrons. The number of aromatic nitrogens is 2. The van der Waals surface area contributed by atoms with Crippen molar-refractivity contribution in [3.8, 4) is 0 Å². The highest BCUT2D eigenvalue weighted by atomic mass is 15.3. The lowest BCUT2D eigenvalue weighted by Crippen LogP contribution is -2.05. The molecule has 2 rings (SSSR count). The van der Waals surface area contributed by atoms with Crippen LogP contribution in [0.1, 0.15) is 22.5 Å². The van der Waals surface area contributed by atoms with E-state index < -0.39 is 0 Å². The number of nitrogen functional groups attached to an aromatic ring is 1. The molecule has 2 aromatic rings. The molecule has 0 saturated heterocycles. The number of nitrogens with two attached hydrogens (primary N) is 1. The molecule has 0 bridgehead atoms. The summed E-state index contributed by atoms with van der Waals surface area (Å²) in [5.74, 6) is 0. The van der Waals surface area contributed by atoms with Gasteiger partial charge >= 0.3 is 0 Å². The number of para-hydroxylation sites is 1. The van der Waals surface area contributed by atoms with Crippen LogP contribution in [0, 0.1) is 20.8 Å². The Labute approximate surface area is 108 Å². The summed E-state index contributed by atoms with van der Waals surface area (Å²) in [5.41, 5.74) is 12.4. The number of aryl methyl sites for hydroxylation is 3. The molecule has 3 N–H and O–H groups in total. The Hall–Kier alpha value is -1.97. The SMILES string of the molecule is Cc1cccc(NCc2c(C)nn(C)c2C)c1N. The molecule has 4 heteroatoms. The smallest absolute Gasteiger partial charge is 0.0646 e. The van der Waals surface area contributed by atoms with E-state index in [1.807, 2.05) is 43.8 Å². The van der Waals surface area contributed by atoms with E-state index in [1.165, 1.54) is 11.3 Å². The van der Waals surface area contributed by atoms with Gasteiger partial charge in [0.2, 0.25) is 0 Å². The summed E-state index contributed by atoms with van der Waals surface area (Å²) in [6.45, 7) is 6.88. The van der Waals surface area contributed by atoms with Gasteiger partial charge in [-0.05, 0) is 32.4 Å². The third kappa shape index (κ3) is 2.18. The predicted octanol–water partition coefficient (Wildman–Crippen LogP) is 2.54. The van der Waals surface area contributed by atoms with E-state index in [0.717, 1.165) is 29.2 Å². The zero-order valence-electron chi connectivity index (χ0n) is 11.4. The first-order valence-electron chi connectivity index (χ1n) is 6.08. The number of benzene rings is 1. The number of nitrogens with zero attached hydrogens (tertiary/aromatic N) is 2. The normalized spacial score (nSPS) is 10.7. The van der Waals surface area contributed by atoms with Crippen LogP contribution >= 0.6 is 0 Å². The van der Waals surface area contributed by atoms with Crippen molar-refractivity contribution in [1.82, 2.24) is 9.78 Å². The van der Waals surface area contributed by atoms with Crippen molar-refractivity contribution in [2.24, 2.45) is 7.05 Å². The number of rotatable bonds is 3. The largest absolute Gasteiger partial charge is 0.397 e. The lowest BCUT2D eigenvalue weighted by atomic mass is 10.1. The summed E-state index contributed by atoms with van der Waals surface area (Å²) in [7, 11) is 1.97. The number of hydrogen-bond acceptors (Lipinski definition) is 3. The Kier molecular flexibility index (Phi) is 3.28. The van der Waals surface area contributed by atoms with Crippen LogP contribution in [0.3, 0.4) is 0 Å². The van der Waals surface area contributed by atoms with Crippen LogP contribution in [0.25, 0.3) is 0 Å². The molecule has 1 aromatic heterocycles. The molecule has 0 aliphatic heterocycles. The molecule has 0 aliphatic carbocycles. The van der Waals surface area contributed by atoms with E-state index in [4.69, 9.17) is 5.73 Å². The molecule has 1 aromatic carbocycles. The summed E-state index contributed by atoms with van der Waals surface area (Å²) in [6.07, 6.45) is 0. The van der Waals surface area contributed by atoms with Gasteiger partial charge in [0.1, 0.15) is 0 Å². The fraction of sp³-hybridized carbons (Fsp3) is 0.357. The Bertz CT molecular complexity index is 569. The Morgan fingerprint density at radius 3 is 2.61 bits per heavy atom. The van der Waals surface area contributed by atoms with E-state index in [-0.39, 0.29) is 0 Å². The molecule has 0 saturated carbocycles. The van der Waals surface area contributed by atoms with Crippen LogP contribution < -0.4 is 11.1 Å². The molecule has 4 nitrogen and oxygen atoms in total. The van der Waals surface area contributed by atoms with E-state index >= 15 is 0 Å². The second-order valence-corrected chi connectivity index (χ2v) is 4.66. The van der Waals surface area contributed by atoms with Gasteiger partial charge in [-0.2, -0.15) is 5.10 Å². The maximum Gasteiger partial charge on any atom is 0.0646 e. The third-order valence-electron chi connectivity index (χ3n) is 3.44. The Morgan fingerprint density at radius 1 is 1.28 bits per heavy atom. The minimum absolute atomic E-state index is 0.749. The van der Waals surface area contributed by atoms with Crippen molar-refractivity contribution in [2.45, 2.75) is 27.3 Å². The van der Waals surface area contributed by atoms with Crippen LogP contribution in [0.5, 0.6) is 0 Å². The zero-order chi connectivity index (χ0) is 13.3. The summed E-state index contributed by atoms with van der Waals surface area (Å²) in [5, 5.41) is 7.79. The van der Waals surface area contributed by atoms with Crippen molar-refractivity contribution < 1.29 is 0 Å². The van der Waals surface area contributed by atoms with E-state index in [1.54, 1.807) is 0 Å². The first-order valence-corrected chi connectivity index (χ1v) is 6.08. The highest BCUT2D eigenvalue weighted by Crippen LogP contribution is 2.23. The van der Waals surface area contributed by atoms with Crippen LogP contribution in [-0.2, 0) is 13.6 Å². The van der Waals surface area contributed by atoms with Gasteiger partial charge in [0, 0.05) is 24.8 Å². The maximum atomic E-state index is 6.04. The molecule has 0 fully saturated rings. The van der Waals surface area contributed by atoms with E-state index in [2.05, 4.69) is 17.3 Å². The Morgan fingerprint density at radius 2 is 2.00 bits per heavy atom. The molecule has 1 heterocycles. The van der Waals surface area contributed by atoms with Crippen LogP contribution in [-0.4, -0.2) is 9.78 Å². The van der Waals surface area contributed by atoms with Crippen molar-refractivity contribution in [3.63, 3.8) is 0 Å². The molecular weight excluding hydrogens is 224 g/mol. The molecule has 0 spiro atoms. The third-order valence-corrected chi connectivity index (χ3v) is 3.44. The molecule has 0 unspecified atom stereocenters. The Balaban J connectivity index is 2.19. The van der Waals surface area contributed by atoms with Crippen LogP contribution in [0.15, 0.2) is 18.2 Å². The molecule has 96 valence electrons. The fourth-order valence-corrected chi connectivity index (χ4v) is 2.09. The monoisotopic (exact) mass is 244 g/mol. The minimum atomic E-state index is 0.749. The average Bonchev–Trinajstić information content (AvgIpc) is 2.56. The van der Waals surface area contributed by atoms with Crippen molar-refractivity contribution in [2.75, 3.05) is 11.1 Å². The first kappa shape index (κ1) is 12.5. The number of anilines is 2. The van der Waals surface area contributed by atoms with Crippen molar-refractivity contribution >= 4 is 11.4 Å². The van der Waals surface area contributed by atoms with Gasteiger partial charge in [0.25, 0.3) is 0 Å². The molecule has 0 amide bonds. The molecule has 18 heavy (non-hydrogen) atoms. The quantitative estimate of drug-likeness (QED) is 0.816. The predicted molar refractivity (Wildman–Crippen MR) is 75.6 cm³/mol. The summed E-state index contributed by atoms with van der Waals surface area (Å²) >= 11 is 0. The second kappa shape index (κ2) is 4.72. The number of hydrogen-bond donors (Lipinski definition) is 2. The van der Waals surface area contributed by atoms with Crippen molar-refractivity contribution in [1.29, 1.82) is 0 Å². The second-order valence-electron chi connectivity index (χ2n) is 4.66. The van der Waals surface area contributed by atoms with Gasteiger partial charge in [-0.1, -0.05) is 12.1 Å². The maximum absolute atomic E-state index is 6.04. The van der Waals surface area contributed by atoms with Gasteiger partial charge in [0.05, 0.1) is 17.1 Å². The van der Waals surface area contributed by atoms with Crippen molar-refractivity contribution in [3.05, 3.63) is 40.7 Å². The van der Waals surface area contributed by atoms with Gasteiger partial charge in [-0.25, -0.2) is 0 Å². The lowest BCUT2D eigenvalue weighted by Gasteiger charge is -2.11. The van der Waals surface area contributed by atoms with E-state index in [0.29, 0.717) is 0 Å². The summed E-state index contributed by atoms with van der Waals surface area (Å²) < 4.78 is 1.91. The van der Waals surface area contributed by atoms with Gasteiger partial charge in [-0.15, -0.1) is 0 Å². The van der Waals surface area contributed by atoms with Gasteiger partial charge in [-0.3, -0.25) is 4.68 Å². The summed E-state index contributed by atoms with van der Waals surface area (Å²) in [4.78, 5) is 0. The molecule has 0 aliphatic rings. The topological polar surface area (TPSA) is 55.9 Å².